The quantitative estimate of drug-likeness (QED) is 0.751. The van der Waals surface area contributed by atoms with Crippen LogP contribution in [0.15, 0.2) is 48.5 Å². The smallest absolute Gasteiger partial charge is 0.123 e. The first-order valence-corrected chi connectivity index (χ1v) is 7.35. The van der Waals surface area contributed by atoms with Crippen molar-refractivity contribution in [2.45, 2.75) is 24.9 Å². The second kappa shape index (κ2) is 5.84. The Balaban J connectivity index is 1.69. The Hall–Kier alpha value is -1.54. The zero-order chi connectivity index (χ0) is 13.9. The Labute approximate surface area is 123 Å². The molecule has 2 aromatic carbocycles. The highest BCUT2D eigenvalue weighted by Crippen LogP contribution is 2.33. The van der Waals surface area contributed by atoms with Crippen LogP contribution in [0.25, 0.3) is 0 Å². The van der Waals surface area contributed by atoms with Crippen LogP contribution in [0.2, 0.25) is 0 Å². The van der Waals surface area contributed by atoms with Gasteiger partial charge in [0.15, 0.2) is 0 Å². The molecule has 104 valence electrons. The predicted molar refractivity (Wildman–Crippen MR) is 79.0 cm³/mol. The van der Waals surface area contributed by atoms with Gasteiger partial charge in [-0.2, -0.15) is 0 Å². The van der Waals surface area contributed by atoms with Crippen molar-refractivity contribution in [1.29, 1.82) is 0 Å². The van der Waals surface area contributed by atoms with E-state index in [-0.39, 0.29) is 17.8 Å². The Morgan fingerprint density at radius 2 is 1.90 bits per heavy atom. The minimum Gasteiger partial charge on any atom is -0.490 e. The first-order valence-electron chi connectivity index (χ1n) is 6.82. The fourth-order valence-electron chi connectivity index (χ4n) is 2.73. The highest BCUT2D eigenvalue weighted by atomic mass is 35.5. The SMILES string of the molecule is Fc1ccc(C(CCl)CC2Cc3ccccc3O2)cc1. The molecule has 2 unspecified atom stereocenters. The molecule has 0 saturated heterocycles. The molecule has 1 aliphatic rings. The van der Waals surface area contributed by atoms with Crippen LogP contribution in [0.3, 0.4) is 0 Å². The van der Waals surface area contributed by atoms with E-state index in [0.29, 0.717) is 5.88 Å². The summed E-state index contributed by atoms with van der Waals surface area (Å²) in [5, 5.41) is 0. The zero-order valence-electron chi connectivity index (χ0n) is 11.1. The van der Waals surface area contributed by atoms with Gasteiger partial charge in [0.1, 0.15) is 17.7 Å². The average molecular weight is 291 g/mol. The van der Waals surface area contributed by atoms with Gasteiger partial charge in [-0.05, 0) is 35.7 Å². The number of hydrogen-bond acceptors (Lipinski definition) is 1. The molecule has 1 nitrogen and oxygen atoms in total. The van der Waals surface area contributed by atoms with Crippen LogP contribution in [-0.2, 0) is 6.42 Å². The van der Waals surface area contributed by atoms with E-state index < -0.39 is 0 Å². The number of rotatable bonds is 4. The molecule has 0 aliphatic carbocycles. The molecule has 0 fully saturated rings. The summed E-state index contributed by atoms with van der Waals surface area (Å²) in [5.41, 5.74) is 2.32. The van der Waals surface area contributed by atoms with Crippen LogP contribution in [0.4, 0.5) is 4.39 Å². The van der Waals surface area contributed by atoms with E-state index in [4.69, 9.17) is 16.3 Å². The number of hydrogen-bond donors (Lipinski definition) is 0. The molecule has 0 aromatic heterocycles. The van der Waals surface area contributed by atoms with Crippen molar-refractivity contribution < 1.29 is 9.13 Å². The van der Waals surface area contributed by atoms with Gasteiger partial charge in [-0.15, -0.1) is 11.6 Å². The van der Waals surface area contributed by atoms with E-state index in [2.05, 4.69) is 6.07 Å². The van der Waals surface area contributed by atoms with E-state index in [1.165, 1.54) is 17.7 Å². The minimum atomic E-state index is -0.216. The lowest BCUT2D eigenvalue weighted by Gasteiger charge is -2.19. The van der Waals surface area contributed by atoms with E-state index in [1.54, 1.807) is 0 Å². The van der Waals surface area contributed by atoms with E-state index in [1.807, 2.05) is 30.3 Å². The van der Waals surface area contributed by atoms with Crippen molar-refractivity contribution >= 4 is 11.6 Å². The van der Waals surface area contributed by atoms with Crippen LogP contribution >= 0.6 is 11.6 Å². The van der Waals surface area contributed by atoms with E-state index >= 15 is 0 Å². The Morgan fingerprint density at radius 1 is 1.15 bits per heavy atom. The van der Waals surface area contributed by atoms with Gasteiger partial charge in [-0.25, -0.2) is 4.39 Å². The standard InChI is InChI=1S/C17H16ClFO/c18-11-14(12-5-7-15(19)8-6-12)10-16-9-13-3-1-2-4-17(13)20-16/h1-8,14,16H,9-11H2. The Morgan fingerprint density at radius 3 is 2.60 bits per heavy atom. The lowest BCUT2D eigenvalue weighted by atomic mass is 9.93. The molecule has 0 radical (unpaired) electrons. The molecule has 1 aliphatic heterocycles. The number of benzene rings is 2. The van der Waals surface area contributed by atoms with Crippen LogP contribution in [0.1, 0.15) is 23.5 Å². The lowest BCUT2D eigenvalue weighted by molar-refractivity contribution is 0.213. The maximum atomic E-state index is 13.0. The van der Waals surface area contributed by atoms with Gasteiger partial charge in [-0.3, -0.25) is 0 Å². The fourth-order valence-corrected chi connectivity index (χ4v) is 3.03. The largest absolute Gasteiger partial charge is 0.490 e. The summed E-state index contributed by atoms with van der Waals surface area (Å²) in [4.78, 5) is 0. The number of fused-ring (bicyclic) bond motifs is 1. The van der Waals surface area contributed by atoms with Gasteiger partial charge in [0, 0.05) is 18.2 Å². The molecule has 0 spiro atoms. The van der Waals surface area contributed by atoms with Crippen molar-refractivity contribution in [2.75, 3.05) is 5.88 Å². The Bertz CT molecular complexity index is 557. The Kier molecular flexibility index (Phi) is 3.93. The molecular formula is C17H16ClFO. The number of para-hydroxylation sites is 1. The third-order valence-corrected chi connectivity index (χ3v) is 4.16. The average Bonchev–Trinajstić information content (AvgIpc) is 2.88. The summed E-state index contributed by atoms with van der Waals surface area (Å²) in [7, 11) is 0. The lowest BCUT2D eigenvalue weighted by Crippen LogP contribution is -2.18. The first-order chi connectivity index (χ1) is 9.76. The third-order valence-electron chi connectivity index (χ3n) is 3.79. The van der Waals surface area contributed by atoms with Gasteiger partial charge in [0.05, 0.1) is 0 Å². The number of ether oxygens (including phenoxy) is 1. The van der Waals surface area contributed by atoms with Crippen LogP contribution in [0.5, 0.6) is 5.75 Å². The second-order valence-electron chi connectivity index (χ2n) is 5.19. The molecule has 2 aromatic rings. The third kappa shape index (κ3) is 2.80. The van der Waals surface area contributed by atoms with Gasteiger partial charge < -0.3 is 4.74 Å². The summed E-state index contributed by atoms with van der Waals surface area (Å²) >= 11 is 6.08. The zero-order valence-corrected chi connectivity index (χ0v) is 11.8. The highest BCUT2D eigenvalue weighted by molar-refractivity contribution is 6.18. The van der Waals surface area contributed by atoms with Crippen molar-refractivity contribution in [1.82, 2.24) is 0 Å². The first kappa shape index (κ1) is 13.4. The highest BCUT2D eigenvalue weighted by Gasteiger charge is 2.25. The van der Waals surface area contributed by atoms with Gasteiger partial charge in [0.25, 0.3) is 0 Å². The molecule has 3 rings (SSSR count). The summed E-state index contributed by atoms with van der Waals surface area (Å²) in [6.45, 7) is 0. The predicted octanol–water partition coefficient (Wildman–Crippen LogP) is 4.54. The fraction of sp³-hybridized carbons (Fsp3) is 0.294. The summed E-state index contributed by atoms with van der Waals surface area (Å²) in [5.74, 6) is 1.47. The maximum Gasteiger partial charge on any atom is 0.123 e. The van der Waals surface area contributed by atoms with Crippen molar-refractivity contribution in [2.24, 2.45) is 0 Å². The minimum absolute atomic E-state index is 0.154. The van der Waals surface area contributed by atoms with Crippen LogP contribution in [-0.4, -0.2) is 12.0 Å². The number of halogens is 2. The molecular weight excluding hydrogens is 275 g/mol. The van der Waals surface area contributed by atoms with E-state index in [0.717, 1.165) is 24.2 Å². The topological polar surface area (TPSA) is 9.23 Å². The molecule has 0 N–H and O–H groups in total. The molecule has 2 atom stereocenters. The van der Waals surface area contributed by atoms with E-state index in [9.17, 15) is 4.39 Å². The number of alkyl halides is 1. The van der Waals surface area contributed by atoms with Gasteiger partial charge in [0.2, 0.25) is 0 Å². The monoisotopic (exact) mass is 290 g/mol. The molecule has 0 amide bonds. The molecule has 1 heterocycles. The molecule has 0 bridgehead atoms. The van der Waals surface area contributed by atoms with Gasteiger partial charge in [-0.1, -0.05) is 30.3 Å². The molecule has 3 heteroatoms. The summed E-state index contributed by atoms with van der Waals surface area (Å²) in [6.07, 6.45) is 1.93. The van der Waals surface area contributed by atoms with Crippen molar-refractivity contribution in [3.8, 4) is 5.75 Å². The van der Waals surface area contributed by atoms with Gasteiger partial charge >= 0.3 is 0 Å². The summed E-state index contributed by atoms with van der Waals surface area (Å²) < 4.78 is 18.9. The molecule has 20 heavy (non-hydrogen) atoms. The van der Waals surface area contributed by atoms with Crippen molar-refractivity contribution in [3.63, 3.8) is 0 Å². The maximum absolute atomic E-state index is 13.0. The van der Waals surface area contributed by atoms with Crippen LogP contribution in [0, 0.1) is 5.82 Å². The normalized spacial score (nSPS) is 18.4. The second-order valence-corrected chi connectivity index (χ2v) is 5.50. The molecule has 0 saturated carbocycles. The summed E-state index contributed by atoms with van der Waals surface area (Å²) in [6, 6.07) is 14.7. The van der Waals surface area contributed by atoms with Crippen LogP contribution < -0.4 is 4.74 Å². The van der Waals surface area contributed by atoms with Crippen molar-refractivity contribution in [3.05, 3.63) is 65.5 Å².